The minimum absolute atomic E-state index is 0.0234. The largest absolute Gasteiger partial charge is 0.354 e. The van der Waals surface area contributed by atoms with Crippen LogP contribution >= 0.6 is 0 Å². The zero-order valence-corrected chi connectivity index (χ0v) is 12.1. The number of H-pyrrole nitrogens is 1. The molecule has 106 valence electrons. The van der Waals surface area contributed by atoms with E-state index in [0.29, 0.717) is 23.0 Å². The van der Waals surface area contributed by atoms with E-state index >= 15 is 0 Å². The van der Waals surface area contributed by atoms with E-state index in [1.54, 1.807) is 6.92 Å². The zero-order chi connectivity index (χ0) is 15.0. The maximum atomic E-state index is 11.7. The molecule has 2 aromatic heterocycles. The second kappa shape index (κ2) is 5.01. The average Bonchev–Trinajstić information content (AvgIpc) is 3.04. The first kappa shape index (κ1) is 13.3. The number of carbonyl (C=O) groups is 1. The Balaban J connectivity index is 2.05. The predicted octanol–water partition coefficient (Wildman–Crippen LogP) is 3.55. The van der Waals surface area contributed by atoms with Crippen LogP contribution in [0.3, 0.4) is 0 Å². The van der Waals surface area contributed by atoms with Crippen molar-refractivity contribution in [3.8, 4) is 23.0 Å². The highest BCUT2D eigenvalue weighted by molar-refractivity contribution is 5.98. The van der Waals surface area contributed by atoms with E-state index in [9.17, 15) is 4.79 Å². The molecule has 0 spiro atoms. The molecule has 2 heterocycles. The van der Waals surface area contributed by atoms with Crippen LogP contribution in [-0.2, 0) is 0 Å². The normalized spacial score (nSPS) is 10.8. The Hall–Kier alpha value is -2.69. The molecule has 0 bridgehead atoms. The third-order valence-corrected chi connectivity index (χ3v) is 3.46. The molecule has 5 heteroatoms. The van der Waals surface area contributed by atoms with Crippen LogP contribution in [0.25, 0.3) is 23.0 Å². The van der Waals surface area contributed by atoms with Crippen molar-refractivity contribution in [2.75, 3.05) is 0 Å². The molecule has 0 fully saturated rings. The number of aromatic nitrogens is 3. The van der Waals surface area contributed by atoms with Crippen molar-refractivity contribution in [2.45, 2.75) is 20.8 Å². The number of aromatic amines is 1. The molecule has 0 radical (unpaired) electrons. The van der Waals surface area contributed by atoms with Gasteiger partial charge in [0.25, 0.3) is 5.89 Å². The van der Waals surface area contributed by atoms with Gasteiger partial charge in [-0.05, 0) is 26.3 Å². The Morgan fingerprint density at radius 2 is 1.90 bits per heavy atom. The third kappa shape index (κ3) is 2.27. The number of rotatable bonds is 3. The van der Waals surface area contributed by atoms with E-state index < -0.39 is 0 Å². The van der Waals surface area contributed by atoms with Gasteiger partial charge in [-0.15, -0.1) is 0 Å². The van der Waals surface area contributed by atoms with Crippen molar-refractivity contribution in [1.29, 1.82) is 0 Å². The van der Waals surface area contributed by atoms with Gasteiger partial charge in [-0.3, -0.25) is 4.79 Å². The summed E-state index contributed by atoms with van der Waals surface area (Å²) in [6.07, 6.45) is 0. The maximum Gasteiger partial charge on any atom is 0.274 e. The van der Waals surface area contributed by atoms with Gasteiger partial charge < -0.3 is 9.51 Å². The zero-order valence-electron chi connectivity index (χ0n) is 12.1. The van der Waals surface area contributed by atoms with Crippen molar-refractivity contribution in [1.82, 2.24) is 15.1 Å². The number of nitrogens with zero attached hydrogens (tertiary/aromatic N) is 2. The molecular formula is C16H15N3O2. The van der Waals surface area contributed by atoms with Gasteiger partial charge in [-0.25, -0.2) is 0 Å². The molecule has 0 atom stereocenters. The summed E-state index contributed by atoms with van der Waals surface area (Å²) in [5, 5.41) is 4.00. The van der Waals surface area contributed by atoms with Crippen LogP contribution in [-0.4, -0.2) is 20.9 Å². The van der Waals surface area contributed by atoms with Crippen LogP contribution in [0.1, 0.15) is 28.5 Å². The molecule has 0 aliphatic carbocycles. The average molecular weight is 281 g/mol. The maximum absolute atomic E-state index is 11.7. The quantitative estimate of drug-likeness (QED) is 0.745. The summed E-state index contributed by atoms with van der Waals surface area (Å²) in [7, 11) is 0. The van der Waals surface area contributed by atoms with E-state index in [4.69, 9.17) is 4.52 Å². The Bertz CT molecular complexity index is 800. The van der Waals surface area contributed by atoms with Gasteiger partial charge in [0.15, 0.2) is 5.78 Å². The Labute approximate surface area is 122 Å². The summed E-state index contributed by atoms with van der Waals surface area (Å²) in [6, 6.07) is 9.61. The first-order chi connectivity index (χ1) is 10.1. The molecule has 3 rings (SSSR count). The topological polar surface area (TPSA) is 71.8 Å². The van der Waals surface area contributed by atoms with Crippen LogP contribution in [0, 0.1) is 13.8 Å². The van der Waals surface area contributed by atoms with Crippen molar-refractivity contribution in [3.63, 3.8) is 0 Å². The summed E-state index contributed by atoms with van der Waals surface area (Å²) < 4.78 is 5.33. The van der Waals surface area contributed by atoms with E-state index in [-0.39, 0.29) is 5.78 Å². The molecule has 0 unspecified atom stereocenters. The molecule has 0 aliphatic rings. The smallest absolute Gasteiger partial charge is 0.274 e. The minimum Gasteiger partial charge on any atom is -0.354 e. The number of aryl methyl sites for hydroxylation is 1. The highest BCUT2D eigenvalue weighted by Gasteiger charge is 2.20. The SMILES string of the molecule is CC(=O)c1c(C)[nH]c(-c2nc(-c3ccccc3)no2)c1C. The van der Waals surface area contributed by atoms with Gasteiger partial charge in [-0.1, -0.05) is 35.5 Å². The van der Waals surface area contributed by atoms with Crippen molar-refractivity contribution >= 4 is 5.78 Å². The van der Waals surface area contributed by atoms with Crippen LogP contribution in [0.15, 0.2) is 34.9 Å². The molecule has 1 aromatic carbocycles. The molecule has 21 heavy (non-hydrogen) atoms. The van der Waals surface area contributed by atoms with Gasteiger partial charge >= 0.3 is 0 Å². The number of benzene rings is 1. The summed E-state index contributed by atoms with van der Waals surface area (Å²) >= 11 is 0. The lowest BCUT2D eigenvalue weighted by Crippen LogP contribution is -1.94. The summed E-state index contributed by atoms with van der Waals surface area (Å²) in [5.74, 6) is 0.943. The predicted molar refractivity (Wildman–Crippen MR) is 79.0 cm³/mol. The van der Waals surface area contributed by atoms with Crippen LogP contribution < -0.4 is 0 Å². The van der Waals surface area contributed by atoms with Crippen molar-refractivity contribution in [3.05, 3.63) is 47.2 Å². The highest BCUT2D eigenvalue weighted by Crippen LogP contribution is 2.28. The minimum atomic E-state index is 0.0234. The Morgan fingerprint density at radius 1 is 1.19 bits per heavy atom. The second-order valence-corrected chi connectivity index (χ2v) is 4.97. The third-order valence-electron chi connectivity index (χ3n) is 3.46. The lowest BCUT2D eigenvalue weighted by Gasteiger charge is -1.95. The Kier molecular flexibility index (Phi) is 3.17. The molecular weight excluding hydrogens is 266 g/mol. The van der Waals surface area contributed by atoms with E-state index in [1.165, 1.54) is 0 Å². The molecule has 0 aliphatic heterocycles. The van der Waals surface area contributed by atoms with Crippen LogP contribution in [0.4, 0.5) is 0 Å². The lowest BCUT2D eigenvalue weighted by molar-refractivity contribution is 0.101. The molecule has 0 saturated carbocycles. The monoisotopic (exact) mass is 281 g/mol. The van der Waals surface area contributed by atoms with Crippen LogP contribution in [0.5, 0.6) is 0 Å². The van der Waals surface area contributed by atoms with E-state index in [1.807, 2.05) is 44.2 Å². The van der Waals surface area contributed by atoms with Crippen molar-refractivity contribution < 1.29 is 9.32 Å². The highest BCUT2D eigenvalue weighted by atomic mass is 16.5. The summed E-state index contributed by atoms with van der Waals surface area (Å²) in [4.78, 5) is 19.2. The lowest BCUT2D eigenvalue weighted by atomic mass is 10.1. The first-order valence-corrected chi connectivity index (χ1v) is 6.67. The van der Waals surface area contributed by atoms with E-state index in [0.717, 1.165) is 16.8 Å². The number of hydrogen-bond acceptors (Lipinski definition) is 4. The fourth-order valence-electron chi connectivity index (χ4n) is 2.52. The van der Waals surface area contributed by atoms with Gasteiger partial charge in [-0.2, -0.15) is 4.98 Å². The molecule has 5 nitrogen and oxygen atoms in total. The number of nitrogens with one attached hydrogen (secondary N) is 1. The summed E-state index contributed by atoms with van der Waals surface area (Å²) in [5.41, 5.74) is 3.93. The van der Waals surface area contributed by atoms with Gasteiger partial charge in [0.1, 0.15) is 5.69 Å². The van der Waals surface area contributed by atoms with E-state index in [2.05, 4.69) is 15.1 Å². The molecule has 0 saturated heterocycles. The number of hydrogen-bond donors (Lipinski definition) is 1. The van der Waals surface area contributed by atoms with Gasteiger partial charge in [0.2, 0.25) is 5.82 Å². The molecule has 0 amide bonds. The molecule has 1 N–H and O–H groups in total. The first-order valence-electron chi connectivity index (χ1n) is 6.67. The fourth-order valence-corrected chi connectivity index (χ4v) is 2.52. The number of Topliss-reactive ketones (excluding diaryl/α,β-unsaturated/α-hetero) is 1. The number of ketones is 1. The molecule has 3 aromatic rings. The van der Waals surface area contributed by atoms with Crippen molar-refractivity contribution in [2.24, 2.45) is 0 Å². The fraction of sp³-hybridized carbons (Fsp3) is 0.188. The summed E-state index contributed by atoms with van der Waals surface area (Å²) in [6.45, 7) is 5.29. The standard InChI is InChI=1S/C16H15N3O2/c1-9-13(11(3)20)10(2)17-14(9)16-18-15(19-21-16)12-7-5-4-6-8-12/h4-8,17H,1-3H3. The van der Waals surface area contributed by atoms with Crippen LogP contribution in [0.2, 0.25) is 0 Å². The Morgan fingerprint density at radius 3 is 2.52 bits per heavy atom. The second-order valence-electron chi connectivity index (χ2n) is 4.97. The van der Waals surface area contributed by atoms with Gasteiger partial charge in [0, 0.05) is 16.8 Å². The number of carbonyl (C=O) groups excluding carboxylic acids is 1. The van der Waals surface area contributed by atoms with Gasteiger partial charge in [0.05, 0.1) is 0 Å².